The zero-order chi connectivity index (χ0) is 18.7. The Morgan fingerprint density at radius 1 is 1.15 bits per heavy atom. The Morgan fingerprint density at radius 3 is 2.69 bits per heavy atom. The highest BCUT2D eigenvalue weighted by molar-refractivity contribution is 9.11. The Kier molecular flexibility index (Phi) is 5.58. The van der Waals surface area contributed by atoms with E-state index in [4.69, 9.17) is 4.74 Å². The number of fused-ring (bicyclic) bond motifs is 1. The van der Waals surface area contributed by atoms with Crippen LogP contribution >= 0.6 is 31.9 Å². The molecule has 3 rings (SSSR count). The molecule has 1 aromatic heterocycles. The van der Waals surface area contributed by atoms with Crippen molar-refractivity contribution in [2.75, 3.05) is 6.61 Å². The van der Waals surface area contributed by atoms with Crippen LogP contribution in [0.25, 0.3) is 10.8 Å². The molecule has 7 nitrogen and oxygen atoms in total. The Morgan fingerprint density at radius 2 is 1.96 bits per heavy atom. The zero-order valence-corrected chi connectivity index (χ0v) is 16.8. The Balaban J connectivity index is 1.57. The summed E-state index contributed by atoms with van der Waals surface area (Å²) in [6, 6.07) is 11.1. The van der Waals surface area contributed by atoms with Gasteiger partial charge in [-0.3, -0.25) is 25.5 Å². The summed E-state index contributed by atoms with van der Waals surface area (Å²) in [6.07, 6.45) is 0. The molecule has 0 unspecified atom stereocenters. The number of carbonyl (C=O) groups excluding carboxylic acids is 2. The van der Waals surface area contributed by atoms with Crippen LogP contribution in [0.15, 0.2) is 45.3 Å². The molecule has 0 saturated heterocycles. The van der Waals surface area contributed by atoms with Crippen LogP contribution in [0.4, 0.5) is 0 Å². The maximum absolute atomic E-state index is 11.9. The van der Waals surface area contributed by atoms with Gasteiger partial charge in [0.25, 0.3) is 11.8 Å². The minimum Gasteiger partial charge on any atom is -0.483 e. The van der Waals surface area contributed by atoms with Gasteiger partial charge in [-0.2, -0.15) is 5.10 Å². The largest absolute Gasteiger partial charge is 0.483 e. The molecule has 0 saturated carbocycles. The van der Waals surface area contributed by atoms with Crippen LogP contribution < -0.4 is 15.6 Å². The molecule has 0 radical (unpaired) electrons. The van der Waals surface area contributed by atoms with Crippen LogP contribution in [-0.2, 0) is 4.79 Å². The number of benzene rings is 2. The van der Waals surface area contributed by atoms with E-state index in [-0.39, 0.29) is 12.3 Å². The smallest absolute Gasteiger partial charge is 0.290 e. The molecule has 1 heterocycles. The lowest BCUT2D eigenvalue weighted by atomic mass is 10.1. The van der Waals surface area contributed by atoms with Gasteiger partial charge in [0, 0.05) is 10.2 Å². The first-order valence-corrected chi connectivity index (χ1v) is 9.14. The third-order valence-electron chi connectivity index (χ3n) is 3.49. The molecular weight excluding hydrogens is 468 g/mol. The molecule has 134 valence electrons. The second-order valence-corrected chi connectivity index (χ2v) is 7.18. The number of aromatic amines is 1. The van der Waals surface area contributed by atoms with Crippen molar-refractivity contribution in [3.63, 3.8) is 0 Å². The first kappa shape index (κ1) is 18.4. The van der Waals surface area contributed by atoms with Gasteiger partial charge in [-0.05, 0) is 57.9 Å². The number of hydrogen-bond acceptors (Lipinski definition) is 4. The zero-order valence-electron chi connectivity index (χ0n) is 13.6. The summed E-state index contributed by atoms with van der Waals surface area (Å²) in [7, 11) is 0. The molecule has 3 aromatic rings. The van der Waals surface area contributed by atoms with Crippen molar-refractivity contribution < 1.29 is 14.3 Å². The standard InChI is InChI=1S/C17H14Br2N4O3/c1-9-6-13(21-20-9)17(25)23-22-15(24)8-26-14-5-2-10-7-11(18)3-4-12(10)16(14)19/h2-7H,8H2,1H3,(H,20,21)(H,22,24)(H,23,25). The van der Waals surface area contributed by atoms with E-state index < -0.39 is 11.8 Å². The average molecular weight is 482 g/mol. The third-order valence-corrected chi connectivity index (χ3v) is 4.80. The van der Waals surface area contributed by atoms with Gasteiger partial charge in [0.05, 0.1) is 4.47 Å². The molecule has 0 aliphatic carbocycles. The second kappa shape index (κ2) is 7.88. The number of halogens is 2. The van der Waals surface area contributed by atoms with Gasteiger partial charge in [0.15, 0.2) is 12.3 Å². The van der Waals surface area contributed by atoms with Crippen molar-refractivity contribution in [3.05, 3.63) is 56.7 Å². The number of aryl methyl sites for hydroxylation is 1. The predicted molar refractivity (Wildman–Crippen MR) is 104 cm³/mol. The number of amides is 2. The number of hydrogen-bond donors (Lipinski definition) is 3. The quantitative estimate of drug-likeness (QED) is 0.498. The van der Waals surface area contributed by atoms with Gasteiger partial charge >= 0.3 is 0 Å². The number of aromatic nitrogens is 2. The molecule has 0 fully saturated rings. The van der Waals surface area contributed by atoms with E-state index in [0.717, 1.165) is 25.4 Å². The van der Waals surface area contributed by atoms with E-state index >= 15 is 0 Å². The molecule has 9 heteroatoms. The van der Waals surface area contributed by atoms with Crippen molar-refractivity contribution in [2.45, 2.75) is 6.92 Å². The number of rotatable bonds is 4. The molecule has 0 atom stereocenters. The molecular formula is C17H14Br2N4O3. The molecule has 2 aromatic carbocycles. The summed E-state index contributed by atoms with van der Waals surface area (Å²) in [5.41, 5.74) is 5.50. The highest BCUT2D eigenvalue weighted by Crippen LogP contribution is 2.34. The average Bonchev–Trinajstić information content (AvgIpc) is 3.05. The van der Waals surface area contributed by atoms with Crippen molar-refractivity contribution in [1.29, 1.82) is 0 Å². The number of ether oxygens (including phenoxy) is 1. The van der Waals surface area contributed by atoms with Gasteiger partial charge in [-0.1, -0.05) is 28.1 Å². The molecule has 2 amide bonds. The van der Waals surface area contributed by atoms with E-state index in [1.54, 1.807) is 19.1 Å². The summed E-state index contributed by atoms with van der Waals surface area (Å²) in [5.74, 6) is -0.474. The third kappa shape index (κ3) is 4.23. The summed E-state index contributed by atoms with van der Waals surface area (Å²) in [5, 5.41) is 8.45. The van der Waals surface area contributed by atoms with Crippen LogP contribution in [0.5, 0.6) is 5.75 Å². The SMILES string of the molecule is Cc1cc(C(=O)NNC(=O)COc2ccc3cc(Br)ccc3c2Br)n[nH]1. The second-order valence-electron chi connectivity index (χ2n) is 5.47. The summed E-state index contributed by atoms with van der Waals surface area (Å²) in [4.78, 5) is 23.7. The number of hydrazine groups is 1. The van der Waals surface area contributed by atoms with Crippen molar-refractivity contribution in [3.8, 4) is 5.75 Å². The molecule has 0 aliphatic rings. The van der Waals surface area contributed by atoms with Gasteiger partial charge in [-0.25, -0.2) is 0 Å². The summed E-state index contributed by atoms with van der Waals surface area (Å²) in [6.45, 7) is 1.52. The van der Waals surface area contributed by atoms with Crippen LogP contribution in [0.3, 0.4) is 0 Å². The lowest BCUT2D eigenvalue weighted by Gasteiger charge is -2.11. The fourth-order valence-corrected chi connectivity index (χ4v) is 3.24. The summed E-state index contributed by atoms with van der Waals surface area (Å²) >= 11 is 6.93. The van der Waals surface area contributed by atoms with Crippen molar-refractivity contribution in [1.82, 2.24) is 21.0 Å². The Labute approximate surface area is 165 Å². The molecule has 26 heavy (non-hydrogen) atoms. The fourth-order valence-electron chi connectivity index (χ4n) is 2.26. The number of nitrogens with zero attached hydrogens (tertiary/aromatic N) is 1. The first-order chi connectivity index (χ1) is 12.4. The normalized spacial score (nSPS) is 10.6. The van der Waals surface area contributed by atoms with Gasteiger partial charge in [0.2, 0.25) is 0 Å². The molecule has 0 spiro atoms. The fraction of sp³-hybridized carbons (Fsp3) is 0.118. The number of nitrogens with one attached hydrogen (secondary N) is 3. The number of H-pyrrole nitrogens is 1. The lowest BCUT2D eigenvalue weighted by molar-refractivity contribution is -0.123. The van der Waals surface area contributed by atoms with Crippen LogP contribution in [0.1, 0.15) is 16.2 Å². The van der Waals surface area contributed by atoms with E-state index in [1.165, 1.54) is 0 Å². The first-order valence-electron chi connectivity index (χ1n) is 7.56. The maximum Gasteiger partial charge on any atom is 0.290 e. The molecule has 0 aliphatic heterocycles. The van der Waals surface area contributed by atoms with Gasteiger partial charge in [0.1, 0.15) is 5.75 Å². The minimum absolute atomic E-state index is 0.187. The van der Waals surface area contributed by atoms with E-state index in [9.17, 15) is 9.59 Å². The van der Waals surface area contributed by atoms with E-state index in [0.29, 0.717) is 5.75 Å². The van der Waals surface area contributed by atoms with Crippen molar-refractivity contribution in [2.24, 2.45) is 0 Å². The monoisotopic (exact) mass is 480 g/mol. The molecule has 0 bridgehead atoms. The van der Waals surface area contributed by atoms with E-state index in [1.807, 2.05) is 24.3 Å². The van der Waals surface area contributed by atoms with Crippen molar-refractivity contribution >= 4 is 54.4 Å². The van der Waals surface area contributed by atoms with Gasteiger partial charge in [-0.15, -0.1) is 0 Å². The Bertz CT molecular complexity index is 987. The van der Waals surface area contributed by atoms with E-state index in [2.05, 4.69) is 52.9 Å². The Hall–Kier alpha value is -2.39. The summed E-state index contributed by atoms with van der Waals surface area (Å²) < 4.78 is 7.27. The highest BCUT2D eigenvalue weighted by atomic mass is 79.9. The van der Waals surface area contributed by atoms with Crippen LogP contribution in [0, 0.1) is 6.92 Å². The lowest BCUT2D eigenvalue weighted by Crippen LogP contribution is -2.44. The minimum atomic E-state index is -0.514. The highest BCUT2D eigenvalue weighted by Gasteiger charge is 2.12. The molecule has 3 N–H and O–H groups in total. The predicted octanol–water partition coefficient (Wildman–Crippen LogP) is 3.24. The van der Waals surface area contributed by atoms with Crippen LogP contribution in [-0.4, -0.2) is 28.6 Å². The van der Waals surface area contributed by atoms with Crippen LogP contribution in [0.2, 0.25) is 0 Å². The van der Waals surface area contributed by atoms with Gasteiger partial charge < -0.3 is 4.74 Å². The number of carbonyl (C=O) groups is 2. The maximum atomic E-state index is 11.9. The topological polar surface area (TPSA) is 96.1 Å².